The van der Waals surface area contributed by atoms with Crippen LogP contribution in [0.15, 0.2) is 54.6 Å². The van der Waals surface area contributed by atoms with E-state index in [1.165, 1.54) is 25.7 Å². The van der Waals surface area contributed by atoms with E-state index >= 15 is 0 Å². The Morgan fingerprint density at radius 2 is 1.92 bits per heavy atom. The van der Waals surface area contributed by atoms with Crippen LogP contribution in [0.4, 0.5) is 17.3 Å². The minimum Gasteiger partial charge on any atom is -0.354 e. The van der Waals surface area contributed by atoms with E-state index in [0.29, 0.717) is 29.1 Å². The number of rotatable bonds is 7. The van der Waals surface area contributed by atoms with E-state index in [1.807, 2.05) is 53.9 Å². The number of halogens is 1. The Labute approximate surface area is 221 Å². The lowest BCUT2D eigenvalue weighted by molar-refractivity contribution is 0.0951. The molecule has 1 aliphatic carbocycles. The van der Waals surface area contributed by atoms with Gasteiger partial charge in [-0.05, 0) is 81.0 Å². The van der Waals surface area contributed by atoms with E-state index in [-0.39, 0.29) is 5.91 Å². The van der Waals surface area contributed by atoms with Crippen LogP contribution in [0.3, 0.4) is 0 Å². The number of aromatic nitrogens is 3. The average molecular weight is 515 g/mol. The van der Waals surface area contributed by atoms with Crippen LogP contribution in [0, 0.1) is 6.92 Å². The molecule has 2 N–H and O–H groups in total. The quantitative estimate of drug-likeness (QED) is 0.306. The Hall–Kier alpha value is -3.58. The number of fused-ring (bicyclic) bond motifs is 1. The van der Waals surface area contributed by atoms with Crippen molar-refractivity contribution in [1.29, 1.82) is 0 Å². The molecule has 1 saturated heterocycles. The van der Waals surface area contributed by atoms with Gasteiger partial charge in [0.05, 0.1) is 5.69 Å². The first kappa shape index (κ1) is 23.8. The molecule has 2 aliphatic rings. The topological polar surface area (TPSA) is 74.6 Å². The molecule has 1 saturated carbocycles. The van der Waals surface area contributed by atoms with Crippen molar-refractivity contribution in [2.45, 2.75) is 58.0 Å². The normalized spacial score (nSPS) is 17.4. The molecule has 190 valence electrons. The largest absolute Gasteiger partial charge is 0.354 e. The van der Waals surface area contributed by atoms with Gasteiger partial charge >= 0.3 is 0 Å². The maximum atomic E-state index is 12.8. The summed E-state index contributed by atoms with van der Waals surface area (Å²) >= 11 is 6.31. The van der Waals surface area contributed by atoms with Gasteiger partial charge in [-0.2, -0.15) is 9.61 Å². The van der Waals surface area contributed by atoms with Crippen molar-refractivity contribution in [3.63, 3.8) is 0 Å². The van der Waals surface area contributed by atoms with Crippen molar-refractivity contribution in [1.82, 2.24) is 19.9 Å². The second-order valence-electron chi connectivity index (χ2n) is 10.2. The fourth-order valence-corrected chi connectivity index (χ4v) is 5.37. The first-order valence-electron chi connectivity index (χ1n) is 13.0. The molecule has 3 heterocycles. The maximum Gasteiger partial charge on any atom is 0.251 e. The smallest absolute Gasteiger partial charge is 0.251 e. The van der Waals surface area contributed by atoms with E-state index < -0.39 is 0 Å². The Morgan fingerprint density at radius 1 is 1.11 bits per heavy atom. The molecule has 4 aromatic rings. The number of carbonyl (C=O) groups is 1. The molecule has 1 atom stereocenters. The van der Waals surface area contributed by atoms with Crippen molar-refractivity contribution >= 4 is 40.5 Å². The predicted molar refractivity (Wildman–Crippen MR) is 148 cm³/mol. The number of benzene rings is 2. The molecule has 1 unspecified atom stereocenters. The lowest BCUT2D eigenvalue weighted by Gasteiger charge is -2.23. The molecule has 1 aliphatic heterocycles. The molecule has 7 nitrogen and oxygen atoms in total. The van der Waals surface area contributed by atoms with Crippen LogP contribution < -0.4 is 15.5 Å². The Kier molecular flexibility index (Phi) is 6.24. The third-order valence-electron chi connectivity index (χ3n) is 7.47. The van der Waals surface area contributed by atoms with Crippen LogP contribution in [0.2, 0.25) is 5.02 Å². The molecular weight excluding hydrogens is 484 g/mol. The Bertz CT molecular complexity index is 1440. The van der Waals surface area contributed by atoms with Gasteiger partial charge in [0.25, 0.3) is 5.91 Å². The highest BCUT2D eigenvalue weighted by Crippen LogP contribution is 2.40. The highest BCUT2D eigenvalue weighted by molar-refractivity contribution is 6.31. The summed E-state index contributed by atoms with van der Waals surface area (Å²) in [6, 6.07) is 17.9. The van der Waals surface area contributed by atoms with Gasteiger partial charge in [0.1, 0.15) is 11.6 Å². The van der Waals surface area contributed by atoms with Gasteiger partial charge in [0, 0.05) is 53.5 Å². The van der Waals surface area contributed by atoms with Crippen LogP contribution >= 0.6 is 11.6 Å². The highest BCUT2D eigenvalue weighted by atomic mass is 35.5. The number of anilines is 3. The van der Waals surface area contributed by atoms with E-state index in [4.69, 9.17) is 21.7 Å². The number of nitrogens with zero attached hydrogens (tertiary/aromatic N) is 4. The second kappa shape index (κ2) is 9.71. The predicted octanol–water partition coefficient (Wildman–Crippen LogP) is 6.23. The zero-order valence-corrected chi connectivity index (χ0v) is 21.9. The summed E-state index contributed by atoms with van der Waals surface area (Å²) < 4.78 is 1.91. The van der Waals surface area contributed by atoms with Crippen molar-refractivity contribution in [2.75, 3.05) is 16.8 Å². The van der Waals surface area contributed by atoms with E-state index in [9.17, 15) is 4.79 Å². The number of nitrogens with one attached hydrogen (secondary N) is 2. The molecule has 37 heavy (non-hydrogen) atoms. The van der Waals surface area contributed by atoms with Crippen molar-refractivity contribution < 1.29 is 4.79 Å². The fourth-order valence-electron chi connectivity index (χ4n) is 5.08. The molecule has 0 bridgehead atoms. The van der Waals surface area contributed by atoms with Crippen LogP contribution in [0.25, 0.3) is 5.65 Å². The minimum atomic E-state index is -0.136. The summed E-state index contributed by atoms with van der Waals surface area (Å²) in [5.41, 5.74) is 5.45. The number of hydrogen-bond donors (Lipinski definition) is 2. The number of amides is 1. The minimum absolute atomic E-state index is 0.136. The highest BCUT2D eigenvalue weighted by Gasteiger charge is 2.28. The molecule has 2 aromatic carbocycles. The second-order valence-corrected chi connectivity index (χ2v) is 10.6. The zero-order chi connectivity index (χ0) is 25.5. The van der Waals surface area contributed by atoms with Gasteiger partial charge in [0.15, 0.2) is 5.65 Å². The average Bonchev–Trinajstić information content (AvgIpc) is 3.50. The summed E-state index contributed by atoms with van der Waals surface area (Å²) in [5, 5.41) is 12.0. The Balaban J connectivity index is 1.22. The van der Waals surface area contributed by atoms with Crippen LogP contribution in [0.1, 0.15) is 65.7 Å². The van der Waals surface area contributed by atoms with Crippen LogP contribution in [-0.2, 0) is 6.54 Å². The van der Waals surface area contributed by atoms with Crippen molar-refractivity contribution in [3.05, 3.63) is 82.0 Å². The van der Waals surface area contributed by atoms with E-state index in [1.54, 1.807) is 0 Å². The van der Waals surface area contributed by atoms with Gasteiger partial charge in [-0.1, -0.05) is 23.7 Å². The molecular formula is C29H31ClN6O. The fraction of sp³-hybridized carbons (Fsp3) is 0.345. The summed E-state index contributed by atoms with van der Waals surface area (Å²) in [6.45, 7) is 5.66. The summed E-state index contributed by atoms with van der Waals surface area (Å²) in [5.74, 6) is 2.27. The lowest BCUT2D eigenvalue weighted by atomic mass is 10.1. The van der Waals surface area contributed by atoms with Gasteiger partial charge < -0.3 is 15.5 Å². The number of carbonyl (C=O) groups excluding carboxylic acids is 1. The van der Waals surface area contributed by atoms with Crippen LogP contribution in [0.5, 0.6) is 0 Å². The van der Waals surface area contributed by atoms with Gasteiger partial charge in [-0.3, -0.25) is 4.79 Å². The monoisotopic (exact) mass is 514 g/mol. The molecule has 2 aromatic heterocycles. The third kappa shape index (κ3) is 4.88. The molecule has 1 amide bonds. The standard InChI is InChI=1S/C29H31ClN6O/c1-18-5-3-7-24(30)23(18)17-31-29(37)21-10-12-22(13-11-21)32-28-16-26(35-14-4-6-19(35)2)33-27-15-25(20-8-9-20)34-36(27)28/h3,5,7,10-13,15-16,19-20,32H,4,6,8-9,14,17H2,1-2H3,(H,31,37). The zero-order valence-electron chi connectivity index (χ0n) is 21.2. The van der Waals surface area contributed by atoms with Crippen molar-refractivity contribution in [3.8, 4) is 0 Å². The maximum absolute atomic E-state index is 12.8. The summed E-state index contributed by atoms with van der Waals surface area (Å²) in [6.07, 6.45) is 4.76. The first-order chi connectivity index (χ1) is 18.0. The third-order valence-corrected chi connectivity index (χ3v) is 7.83. The lowest BCUT2D eigenvalue weighted by Crippen LogP contribution is -2.27. The molecule has 0 radical (unpaired) electrons. The number of hydrogen-bond acceptors (Lipinski definition) is 5. The van der Waals surface area contributed by atoms with E-state index in [0.717, 1.165) is 46.3 Å². The number of aryl methyl sites for hydroxylation is 1. The van der Waals surface area contributed by atoms with Crippen LogP contribution in [-0.4, -0.2) is 33.1 Å². The van der Waals surface area contributed by atoms with Gasteiger partial charge in [0.2, 0.25) is 0 Å². The van der Waals surface area contributed by atoms with Gasteiger partial charge in [-0.15, -0.1) is 0 Å². The summed E-state index contributed by atoms with van der Waals surface area (Å²) in [7, 11) is 0. The molecule has 2 fully saturated rings. The molecule has 8 heteroatoms. The van der Waals surface area contributed by atoms with E-state index in [2.05, 4.69) is 34.6 Å². The Morgan fingerprint density at radius 3 is 2.62 bits per heavy atom. The summed E-state index contributed by atoms with van der Waals surface area (Å²) in [4.78, 5) is 20.1. The SMILES string of the molecule is Cc1cccc(Cl)c1CNC(=O)c1ccc(Nc2cc(N3CCCC3C)nc3cc(C4CC4)nn23)cc1. The van der Waals surface area contributed by atoms with Gasteiger partial charge in [-0.25, -0.2) is 4.98 Å². The van der Waals surface area contributed by atoms with Crippen molar-refractivity contribution in [2.24, 2.45) is 0 Å². The molecule has 0 spiro atoms. The first-order valence-corrected chi connectivity index (χ1v) is 13.4. The molecule has 6 rings (SSSR count).